The van der Waals surface area contributed by atoms with Crippen LogP contribution in [0.1, 0.15) is 29.6 Å². The summed E-state index contributed by atoms with van der Waals surface area (Å²) in [5.74, 6) is 0.591. The Morgan fingerprint density at radius 1 is 1.42 bits per heavy atom. The Labute approximate surface area is 112 Å². The monoisotopic (exact) mass is 262 g/mol. The molecule has 0 aliphatic carbocycles. The number of rotatable bonds is 3. The first-order valence-electron chi connectivity index (χ1n) is 6.83. The van der Waals surface area contributed by atoms with Crippen molar-refractivity contribution in [2.45, 2.75) is 25.4 Å². The standard InChI is InChI=1S/C14H18N2O3/c17-14(16-6-1-2-7-16)11-3-5-15-13(9-11)19-12-4-8-18-10-12/h3,5,9,12H,1-2,4,6-8,10H2. The number of ether oxygens (including phenoxy) is 2. The lowest BCUT2D eigenvalue weighted by atomic mass is 10.2. The fourth-order valence-electron chi connectivity index (χ4n) is 2.49. The lowest BCUT2D eigenvalue weighted by molar-refractivity contribution is 0.0791. The van der Waals surface area contributed by atoms with E-state index < -0.39 is 0 Å². The minimum Gasteiger partial charge on any atom is -0.472 e. The summed E-state index contributed by atoms with van der Waals surface area (Å²) in [4.78, 5) is 18.3. The van der Waals surface area contributed by atoms with Gasteiger partial charge in [-0.3, -0.25) is 4.79 Å². The quantitative estimate of drug-likeness (QED) is 0.828. The van der Waals surface area contributed by atoms with Crippen molar-refractivity contribution in [3.8, 4) is 5.88 Å². The maximum atomic E-state index is 12.3. The summed E-state index contributed by atoms with van der Waals surface area (Å²) in [6, 6.07) is 3.48. The van der Waals surface area contributed by atoms with Gasteiger partial charge in [0, 0.05) is 37.3 Å². The lowest BCUT2D eigenvalue weighted by Gasteiger charge is -2.16. The molecule has 5 heteroatoms. The maximum Gasteiger partial charge on any atom is 0.254 e. The number of likely N-dealkylation sites (tertiary alicyclic amines) is 1. The van der Waals surface area contributed by atoms with Crippen molar-refractivity contribution in [3.63, 3.8) is 0 Å². The molecule has 1 amide bonds. The average molecular weight is 262 g/mol. The largest absolute Gasteiger partial charge is 0.472 e. The number of hydrogen-bond donors (Lipinski definition) is 0. The summed E-state index contributed by atoms with van der Waals surface area (Å²) in [5, 5.41) is 0. The normalized spacial score (nSPS) is 22.7. The Hall–Kier alpha value is -1.62. The zero-order valence-corrected chi connectivity index (χ0v) is 10.9. The van der Waals surface area contributed by atoms with Crippen LogP contribution in [0.3, 0.4) is 0 Å². The molecule has 102 valence electrons. The molecule has 2 aliphatic rings. The maximum absolute atomic E-state index is 12.3. The zero-order chi connectivity index (χ0) is 13.1. The Balaban J connectivity index is 1.69. The molecule has 2 fully saturated rings. The van der Waals surface area contributed by atoms with E-state index in [-0.39, 0.29) is 12.0 Å². The molecule has 0 saturated carbocycles. The second-order valence-corrected chi connectivity index (χ2v) is 4.99. The highest BCUT2D eigenvalue weighted by Crippen LogP contribution is 2.18. The van der Waals surface area contributed by atoms with Gasteiger partial charge in [-0.15, -0.1) is 0 Å². The van der Waals surface area contributed by atoms with Gasteiger partial charge in [-0.2, -0.15) is 0 Å². The molecular formula is C14H18N2O3. The van der Waals surface area contributed by atoms with E-state index in [1.165, 1.54) is 0 Å². The second kappa shape index (κ2) is 5.57. The zero-order valence-electron chi connectivity index (χ0n) is 10.9. The van der Waals surface area contributed by atoms with Crippen molar-refractivity contribution in [3.05, 3.63) is 23.9 Å². The van der Waals surface area contributed by atoms with Gasteiger partial charge in [0.1, 0.15) is 6.10 Å². The van der Waals surface area contributed by atoms with E-state index in [1.807, 2.05) is 4.90 Å². The number of carbonyl (C=O) groups excluding carboxylic acids is 1. The van der Waals surface area contributed by atoms with Crippen LogP contribution in [0.15, 0.2) is 18.3 Å². The summed E-state index contributed by atoms with van der Waals surface area (Å²) in [6.07, 6.45) is 4.77. The third kappa shape index (κ3) is 2.87. The molecule has 0 aromatic carbocycles. The van der Waals surface area contributed by atoms with Gasteiger partial charge >= 0.3 is 0 Å². The van der Waals surface area contributed by atoms with Crippen LogP contribution in [0.2, 0.25) is 0 Å². The molecule has 3 rings (SSSR count). The third-order valence-corrected chi connectivity index (χ3v) is 3.55. The molecule has 0 N–H and O–H groups in total. The summed E-state index contributed by atoms with van der Waals surface area (Å²) < 4.78 is 11.0. The first-order valence-corrected chi connectivity index (χ1v) is 6.83. The fourth-order valence-corrected chi connectivity index (χ4v) is 2.49. The lowest BCUT2D eigenvalue weighted by Crippen LogP contribution is -2.27. The minimum absolute atomic E-state index is 0.0599. The van der Waals surface area contributed by atoms with Crippen molar-refractivity contribution >= 4 is 5.91 Å². The molecule has 1 atom stereocenters. The van der Waals surface area contributed by atoms with Gasteiger partial charge in [0.25, 0.3) is 5.91 Å². The molecule has 1 aromatic heterocycles. The highest BCUT2D eigenvalue weighted by Gasteiger charge is 2.21. The van der Waals surface area contributed by atoms with Crippen LogP contribution in [0, 0.1) is 0 Å². The molecule has 5 nitrogen and oxygen atoms in total. The van der Waals surface area contributed by atoms with Gasteiger partial charge in [-0.05, 0) is 18.9 Å². The number of pyridine rings is 1. The van der Waals surface area contributed by atoms with Crippen molar-refractivity contribution in [2.24, 2.45) is 0 Å². The predicted octanol–water partition coefficient (Wildman–Crippen LogP) is 1.49. The van der Waals surface area contributed by atoms with E-state index in [4.69, 9.17) is 9.47 Å². The molecule has 0 spiro atoms. The Morgan fingerprint density at radius 3 is 3.00 bits per heavy atom. The molecule has 0 bridgehead atoms. The number of nitrogens with zero attached hydrogens (tertiary/aromatic N) is 2. The third-order valence-electron chi connectivity index (χ3n) is 3.55. The highest BCUT2D eigenvalue weighted by molar-refractivity contribution is 5.94. The second-order valence-electron chi connectivity index (χ2n) is 4.99. The SMILES string of the molecule is O=C(c1ccnc(OC2CCOC2)c1)N1CCCC1. The summed E-state index contributed by atoms with van der Waals surface area (Å²) in [5.41, 5.74) is 0.658. The highest BCUT2D eigenvalue weighted by atomic mass is 16.5. The molecular weight excluding hydrogens is 244 g/mol. The van der Waals surface area contributed by atoms with E-state index in [1.54, 1.807) is 18.3 Å². The van der Waals surface area contributed by atoms with E-state index >= 15 is 0 Å². The van der Waals surface area contributed by atoms with Crippen LogP contribution < -0.4 is 4.74 Å². The topological polar surface area (TPSA) is 51.7 Å². The van der Waals surface area contributed by atoms with Crippen LogP contribution >= 0.6 is 0 Å². The summed E-state index contributed by atoms with van der Waals surface area (Å²) in [6.45, 7) is 3.05. The molecule has 19 heavy (non-hydrogen) atoms. The molecule has 3 heterocycles. The van der Waals surface area contributed by atoms with Crippen molar-refractivity contribution in [1.82, 2.24) is 9.88 Å². The molecule has 0 radical (unpaired) electrons. The Bertz CT molecular complexity index is 452. The first-order chi connectivity index (χ1) is 9.33. The van der Waals surface area contributed by atoms with E-state index in [9.17, 15) is 4.79 Å². The van der Waals surface area contributed by atoms with Crippen molar-refractivity contribution < 1.29 is 14.3 Å². The number of carbonyl (C=O) groups is 1. The summed E-state index contributed by atoms with van der Waals surface area (Å²) in [7, 11) is 0. The van der Waals surface area contributed by atoms with Gasteiger partial charge in [0.2, 0.25) is 5.88 Å². The van der Waals surface area contributed by atoms with Gasteiger partial charge in [-0.25, -0.2) is 4.98 Å². The summed E-state index contributed by atoms with van der Waals surface area (Å²) >= 11 is 0. The van der Waals surface area contributed by atoms with Crippen molar-refractivity contribution in [1.29, 1.82) is 0 Å². The van der Waals surface area contributed by atoms with E-state index in [0.29, 0.717) is 18.1 Å². The van der Waals surface area contributed by atoms with Crippen LogP contribution in [-0.4, -0.2) is 48.2 Å². The number of amides is 1. The van der Waals surface area contributed by atoms with Gasteiger partial charge in [0.05, 0.1) is 13.2 Å². The molecule has 1 aromatic rings. The van der Waals surface area contributed by atoms with Crippen LogP contribution in [0.5, 0.6) is 5.88 Å². The average Bonchev–Trinajstić information content (AvgIpc) is 3.11. The van der Waals surface area contributed by atoms with Crippen LogP contribution in [-0.2, 0) is 4.74 Å². The van der Waals surface area contributed by atoms with Gasteiger partial charge in [-0.1, -0.05) is 0 Å². The number of hydrogen-bond acceptors (Lipinski definition) is 4. The predicted molar refractivity (Wildman–Crippen MR) is 69.2 cm³/mol. The van der Waals surface area contributed by atoms with Crippen LogP contribution in [0.4, 0.5) is 0 Å². The van der Waals surface area contributed by atoms with E-state index in [2.05, 4.69) is 4.98 Å². The molecule has 2 saturated heterocycles. The van der Waals surface area contributed by atoms with E-state index in [0.717, 1.165) is 39.0 Å². The molecule has 2 aliphatic heterocycles. The van der Waals surface area contributed by atoms with Gasteiger partial charge < -0.3 is 14.4 Å². The van der Waals surface area contributed by atoms with Crippen molar-refractivity contribution in [2.75, 3.05) is 26.3 Å². The smallest absolute Gasteiger partial charge is 0.254 e. The van der Waals surface area contributed by atoms with Gasteiger partial charge in [0.15, 0.2) is 0 Å². The van der Waals surface area contributed by atoms with Crippen LogP contribution in [0.25, 0.3) is 0 Å². The molecule has 1 unspecified atom stereocenters. The fraction of sp³-hybridized carbons (Fsp3) is 0.571. The first kappa shape index (κ1) is 12.4. The number of aromatic nitrogens is 1. The Morgan fingerprint density at radius 2 is 2.26 bits per heavy atom. The Kier molecular flexibility index (Phi) is 3.64. The minimum atomic E-state index is 0.0599.